The SMILES string of the molecule is CC(NC(=O)NCC1(C)CCC1)c1nc(C(=O)O)cs1. The maximum Gasteiger partial charge on any atom is 0.355 e. The summed E-state index contributed by atoms with van der Waals surface area (Å²) in [5, 5.41) is 16.5. The van der Waals surface area contributed by atoms with Crippen LogP contribution < -0.4 is 10.6 Å². The number of nitrogens with zero attached hydrogens (tertiary/aromatic N) is 1. The van der Waals surface area contributed by atoms with Crippen LogP contribution in [0.5, 0.6) is 0 Å². The Bertz CT molecular complexity index is 511. The lowest BCUT2D eigenvalue weighted by atomic mass is 9.70. The van der Waals surface area contributed by atoms with Gasteiger partial charge >= 0.3 is 12.0 Å². The first-order valence-corrected chi connectivity index (χ1v) is 7.51. The Morgan fingerprint density at radius 2 is 2.25 bits per heavy atom. The number of thiazole rings is 1. The third-order valence-corrected chi connectivity index (χ3v) is 4.72. The van der Waals surface area contributed by atoms with Crippen molar-refractivity contribution in [1.82, 2.24) is 15.6 Å². The normalized spacial score (nSPS) is 17.9. The van der Waals surface area contributed by atoms with Crippen molar-refractivity contribution < 1.29 is 14.7 Å². The number of aromatic carboxylic acids is 1. The molecule has 7 heteroatoms. The van der Waals surface area contributed by atoms with Gasteiger partial charge in [0.15, 0.2) is 5.69 Å². The molecule has 1 aliphatic carbocycles. The second-order valence-electron chi connectivity index (χ2n) is 5.59. The van der Waals surface area contributed by atoms with Crippen LogP contribution in [0, 0.1) is 5.41 Å². The predicted molar refractivity (Wildman–Crippen MR) is 76.0 cm³/mol. The van der Waals surface area contributed by atoms with Crippen LogP contribution in [0.2, 0.25) is 0 Å². The number of hydrogen-bond acceptors (Lipinski definition) is 4. The molecule has 1 aromatic heterocycles. The smallest absolute Gasteiger partial charge is 0.355 e. The number of hydrogen-bond donors (Lipinski definition) is 3. The number of nitrogens with one attached hydrogen (secondary N) is 2. The van der Waals surface area contributed by atoms with E-state index in [1.807, 2.05) is 0 Å². The Morgan fingerprint density at radius 3 is 2.75 bits per heavy atom. The number of aromatic nitrogens is 1. The number of rotatable bonds is 5. The molecular weight excluding hydrogens is 278 g/mol. The van der Waals surface area contributed by atoms with Crippen molar-refractivity contribution in [2.75, 3.05) is 6.54 Å². The lowest BCUT2D eigenvalue weighted by Crippen LogP contribution is -2.44. The van der Waals surface area contributed by atoms with Gasteiger partial charge in [-0.05, 0) is 25.2 Å². The first kappa shape index (κ1) is 14.8. The van der Waals surface area contributed by atoms with Crippen LogP contribution in [0.3, 0.4) is 0 Å². The second kappa shape index (κ2) is 5.78. The van der Waals surface area contributed by atoms with Gasteiger partial charge in [-0.25, -0.2) is 14.6 Å². The highest BCUT2D eigenvalue weighted by Crippen LogP contribution is 2.39. The van der Waals surface area contributed by atoms with E-state index >= 15 is 0 Å². The van der Waals surface area contributed by atoms with Crippen molar-refractivity contribution in [2.24, 2.45) is 5.41 Å². The number of urea groups is 1. The number of carboxylic acid groups (broad SMARTS) is 1. The molecule has 110 valence electrons. The van der Waals surface area contributed by atoms with Gasteiger partial charge < -0.3 is 15.7 Å². The molecule has 1 aliphatic rings. The summed E-state index contributed by atoms with van der Waals surface area (Å²) in [5.41, 5.74) is 0.249. The van der Waals surface area contributed by atoms with Crippen LogP contribution in [-0.4, -0.2) is 28.6 Å². The molecule has 2 amide bonds. The molecule has 1 saturated carbocycles. The fraction of sp³-hybridized carbons (Fsp3) is 0.615. The fourth-order valence-electron chi connectivity index (χ4n) is 2.14. The molecule has 6 nitrogen and oxygen atoms in total. The summed E-state index contributed by atoms with van der Waals surface area (Å²) in [6.45, 7) is 4.62. The molecule has 0 spiro atoms. The van der Waals surface area contributed by atoms with E-state index in [2.05, 4.69) is 22.5 Å². The average molecular weight is 297 g/mol. The molecule has 1 aromatic rings. The van der Waals surface area contributed by atoms with Crippen molar-refractivity contribution in [3.8, 4) is 0 Å². The molecule has 1 heterocycles. The zero-order valence-electron chi connectivity index (χ0n) is 11.6. The Labute approximate surface area is 121 Å². The van der Waals surface area contributed by atoms with Crippen LogP contribution in [0.4, 0.5) is 4.79 Å². The van der Waals surface area contributed by atoms with E-state index in [1.165, 1.54) is 23.1 Å². The van der Waals surface area contributed by atoms with Crippen LogP contribution in [0.25, 0.3) is 0 Å². The van der Waals surface area contributed by atoms with Crippen LogP contribution >= 0.6 is 11.3 Å². The van der Waals surface area contributed by atoms with Crippen molar-refractivity contribution in [1.29, 1.82) is 0 Å². The summed E-state index contributed by atoms with van der Waals surface area (Å²) in [5.74, 6) is -1.05. The predicted octanol–water partition coefficient (Wildman–Crippen LogP) is 2.39. The number of carbonyl (C=O) groups is 2. The van der Waals surface area contributed by atoms with E-state index in [1.54, 1.807) is 6.92 Å². The van der Waals surface area contributed by atoms with Gasteiger partial charge in [-0.2, -0.15) is 0 Å². The molecule has 0 saturated heterocycles. The van der Waals surface area contributed by atoms with Crippen molar-refractivity contribution in [3.05, 3.63) is 16.1 Å². The third kappa shape index (κ3) is 3.47. The van der Waals surface area contributed by atoms with E-state index in [0.29, 0.717) is 11.6 Å². The molecule has 1 atom stereocenters. The molecule has 0 radical (unpaired) electrons. The largest absolute Gasteiger partial charge is 0.476 e. The van der Waals surface area contributed by atoms with Crippen LogP contribution in [0.15, 0.2) is 5.38 Å². The standard InChI is InChI=1S/C13H19N3O3S/c1-8(10-16-9(6-20-10)11(17)18)15-12(19)14-7-13(2)4-3-5-13/h6,8H,3-5,7H2,1-2H3,(H,17,18)(H2,14,15,19). The van der Waals surface area contributed by atoms with E-state index in [4.69, 9.17) is 5.11 Å². The first-order valence-electron chi connectivity index (χ1n) is 6.63. The van der Waals surface area contributed by atoms with Crippen LogP contribution in [-0.2, 0) is 0 Å². The van der Waals surface area contributed by atoms with Gasteiger partial charge in [0.2, 0.25) is 0 Å². The second-order valence-corrected chi connectivity index (χ2v) is 6.48. The van der Waals surface area contributed by atoms with Gasteiger partial charge in [0.1, 0.15) is 5.01 Å². The lowest BCUT2D eigenvalue weighted by Gasteiger charge is -2.38. The van der Waals surface area contributed by atoms with Crippen LogP contribution in [0.1, 0.15) is 54.6 Å². The molecular formula is C13H19N3O3S. The molecule has 3 N–H and O–H groups in total. The molecule has 0 bridgehead atoms. The van der Waals surface area contributed by atoms with Gasteiger partial charge in [0, 0.05) is 11.9 Å². The zero-order valence-corrected chi connectivity index (χ0v) is 12.4. The van der Waals surface area contributed by atoms with Crippen molar-refractivity contribution >= 4 is 23.3 Å². The fourth-order valence-corrected chi connectivity index (χ4v) is 2.94. The molecule has 20 heavy (non-hydrogen) atoms. The van der Waals surface area contributed by atoms with Crippen molar-refractivity contribution in [3.63, 3.8) is 0 Å². The summed E-state index contributed by atoms with van der Waals surface area (Å²) in [4.78, 5) is 26.5. The van der Waals surface area contributed by atoms with Crippen molar-refractivity contribution in [2.45, 2.75) is 39.2 Å². The maximum absolute atomic E-state index is 11.8. The Kier molecular flexibility index (Phi) is 4.27. The minimum absolute atomic E-state index is 0.0148. The average Bonchev–Trinajstić information content (AvgIpc) is 2.83. The highest BCUT2D eigenvalue weighted by atomic mass is 32.1. The highest BCUT2D eigenvalue weighted by molar-refractivity contribution is 7.09. The quantitative estimate of drug-likeness (QED) is 0.778. The van der Waals surface area contributed by atoms with Gasteiger partial charge in [-0.3, -0.25) is 0 Å². The Balaban J connectivity index is 1.82. The molecule has 1 fully saturated rings. The Hall–Kier alpha value is -1.63. The minimum Gasteiger partial charge on any atom is -0.476 e. The summed E-state index contributed by atoms with van der Waals surface area (Å²) in [7, 11) is 0. The summed E-state index contributed by atoms with van der Waals surface area (Å²) in [6, 6.07) is -0.542. The first-order chi connectivity index (χ1) is 9.39. The molecule has 1 unspecified atom stereocenters. The van der Waals surface area contributed by atoms with Gasteiger partial charge in [0.05, 0.1) is 6.04 Å². The molecule has 2 rings (SSSR count). The van der Waals surface area contributed by atoms with E-state index in [9.17, 15) is 9.59 Å². The monoisotopic (exact) mass is 297 g/mol. The van der Waals surface area contributed by atoms with E-state index < -0.39 is 5.97 Å². The highest BCUT2D eigenvalue weighted by Gasteiger charge is 2.32. The van der Waals surface area contributed by atoms with Gasteiger partial charge in [0.25, 0.3) is 0 Å². The lowest BCUT2D eigenvalue weighted by molar-refractivity contribution is 0.0691. The zero-order chi connectivity index (χ0) is 14.8. The number of carboxylic acids is 1. The third-order valence-electron chi connectivity index (χ3n) is 3.70. The van der Waals surface area contributed by atoms with Gasteiger partial charge in [-0.15, -0.1) is 11.3 Å². The summed E-state index contributed by atoms with van der Waals surface area (Å²) < 4.78 is 0. The summed E-state index contributed by atoms with van der Waals surface area (Å²) in [6.07, 6.45) is 3.53. The minimum atomic E-state index is -1.05. The molecule has 0 aromatic carbocycles. The molecule has 0 aliphatic heterocycles. The Morgan fingerprint density at radius 1 is 1.55 bits per heavy atom. The summed E-state index contributed by atoms with van der Waals surface area (Å²) >= 11 is 1.23. The van der Waals surface area contributed by atoms with E-state index in [-0.39, 0.29) is 23.2 Å². The number of amides is 2. The van der Waals surface area contributed by atoms with Gasteiger partial charge in [-0.1, -0.05) is 13.3 Å². The number of carbonyl (C=O) groups excluding carboxylic acids is 1. The topological polar surface area (TPSA) is 91.3 Å². The maximum atomic E-state index is 11.8. The van der Waals surface area contributed by atoms with E-state index in [0.717, 1.165) is 12.8 Å².